The van der Waals surface area contributed by atoms with Crippen molar-refractivity contribution in [2.75, 3.05) is 0 Å². The Kier molecular flexibility index (Phi) is 7.11. The van der Waals surface area contributed by atoms with E-state index in [1.54, 1.807) is 25.1 Å². The van der Waals surface area contributed by atoms with Crippen molar-refractivity contribution in [1.29, 1.82) is 0 Å². The Balaban J connectivity index is 1.46. The molecule has 11 nitrogen and oxygen atoms in total. The molecule has 3 amide bonds. The van der Waals surface area contributed by atoms with E-state index in [0.717, 1.165) is 0 Å². The lowest BCUT2D eigenvalue weighted by Gasteiger charge is -2.13. The summed E-state index contributed by atoms with van der Waals surface area (Å²) in [5.41, 5.74) is 9.12. The van der Waals surface area contributed by atoms with E-state index < -0.39 is 22.6 Å². The van der Waals surface area contributed by atoms with Gasteiger partial charge in [-0.3, -0.25) is 35.3 Å². The van der Waals surface area contributed by atoms with Crippen LogP contribution < -0.4 is 16.3 Å². The molecule has 0 spiro atoms. The first-order valence-electron chi connectivity index (χ1n) is 10.8. The number of carbonyl (C=O) groups excluding carboxylic acids is 3. The SMILES string of the molecule is Cc1c(C(=O)NNC(=O)c2ccc([N+](=O)[O-])cc2)oc2c1/C(=N/NC(=O)c1cccc(Cl)c1)CCC2. The molecular weight excluding hydrogens is 490 g/mol. The molecule has 0 fully saturated rings. The molecule has 1 aliphatic carbocycles. The fourth-order valence-corrected chi connectivity index (χ4v) is 3.98. The first-order valence-corrected chi connectivity index (χ1v) is 11.2. The zero-order valence-electron chi connectivity index (χ0n) is 19.0. The molecule has 3 N–H and O–H groups in total. The maximum Gasteiger partial charge on any atom is 0.305 e. The molecule has 0 atom stereocenters. The highest BCUT2D eigenvalue weighted by molar-refractivity contribution is 6.31. The summed E-state index contributed by atoms with van der Waals surface area (Å²) in [6.07, 6.45) is 1.87. The van der Waals surface area contributed by atoms with Gasteiger partial charge in [-0.15, -0.1) is 0 Å². The number of nitro groups is 1. The zero-order chi connectivity index (χ0) is 25.8. The van der Waals surface area contributed by atoms with Crippen molar-refractivity contribution in [1.82, 2.24) is 16.3 Å². The van der Waals surface area contributed by atoms with Crippen molar-refractivity contribution >= 4 is 40.7 Å². The number of nitrogens with zero attached hydrogens (tertiary/aromatic N) is 2. The molecular formula is C24H20ClN5O6. The van der Waals surface area contributed by atoms with E-state index in [-0.39, 0.29) is 17.0 Å². The van der Waals surface area contributed by atoms with Crippen molar-refractivity contribution in [2.45, 2.75) is 26.2 Å². The van der Waals surface area contributed by atoms with Gasteiger partial charge >= 0.3 is 5.91 Å². The molecule has 0 saturated carbocycles. The number of nitrogens with one attached hydrogen (secondary N) is 3. The van der Waals surface area contributed by atoms with Crippen molar-refractivity contribution < 1.29 is 23.7 Å². The topological polar surface area (TPSA) is 156 Å². The van der Waals surface area contributed by atoms with E-state index in [0.29, 0.717) is 52.4 Å². The Morgan fingerprint density at radius 3 is 2.42 bits per heavy atom. The molecule has 0 aliphatic heterocycles. The summed E-state index contributed by atoms with van der Waals surface area (Å²) in [5, 5.41) is 15.4. The first kappa shape index (κ1) is 24.6. The maximum atomic E-state index is 12.7. The van der Waals surface area contributed by atoms with Gasteiger partial charge < -0.3 is 4.42 Å². The minimum atomic E-state index is -0.681. The monoisotopic (exact) mass is 509 g/mol. The number of hydrogen-bond donors (Lipinski definition) is 3. The summed E-state index contributed by atoms with van der Waals surface area (Å²) < 4.78 is 5.77. The van der Waals surface area contributed by atoms with Gasteiger partial charge in [0.25, 0.3) is 17.5 Å². The van der Waals surface area contributed by atoms with Gasteiger partial charge in [0.15, 0.2) is 5.76 Å². The number of amides is 3. The number of nitro benzene ring substituents is 1. The number of aryl methyl sites for hydroxylation is 1. The summed E-state index contributed by atoms with van der Waals surface area (Å²) in [6.45, 7) is 1.69. The van der Waals surface area contributed by atoms with Crippen LogP contribution in [0.25, 0.3) is 0 Å². The van der Waals surface area contributed by atoms with Crippen LogP contribution in [0.15, 0.2) is 58.0 Å². The van der Waals surface area contributed by atoms with Gasteiger partial charge in [0.2, 0.25) is 0 Å². The number of halogens is 1. The molecule has 0 bridgehead atoms. The molecule has 0 saturated heterocycles. The van der Waals surface area contributed by atoms with Gasteiger partial charge in [-0.05, 0) is 50.1 Å². The second-order valence-corrected chi connectivity index (χ2v) is 8.37. The van der Waals surface area contributed by atoms with Crippen LogP contribution in [0.5, 0.6) is 0 Å². The normalized spacial score (nSPS) is 13.6. The predicted octanol–water partition coefficient (Wildman–Crippen LogP) is 3.69. The third kappa shape index (κ3) is 5.26. The largest absolute Gasteiger partial charge is 0.455 e. The second-order valence-electron chi connectivity index (χ2n) is 7.93. The van der Waals surface area contributed by atoms with E-state index in [1.807, 2.05) is 0 Å². The highest BCUT2D eigenvalue weighted by atomic mass is 35.5. The minimum absolute atomic E-state index is 0.000216. The summed E-state index contributed by atoms with van der Waals surface area (Å²) in [4.78, 5) is 47.6. The zero-order valence-corrected chi connectivity index (χ0v) is 19.7. The number of furan rings is 1. The van der Waals surface area contributed by atoms with Crippen molar-refractivity contribution in [3.63, 3.8) is 0 Å². The quantitative estimate of drug-likeness (QED) is 0.351. The van der Waals surface area contributed by atoms with Crippen LogP contribution in [0.1, 0.15) is 61.0 Å². The molecule has 3 aromatic rings. The van der Waals surface area contributed by atoms with Crippen LogP contribution in [0.4, 0.5) is 5.69 Å². The molecule has 36 heavy (non-hydrogen) atoms. The minimum Gasteiger partial charge on any atom is -0.455 e. The standard InChI is InChI=1S/C24H20ClN5O6/c1-13-20-18(26-27-23(32)15-4-2-5-16(25)12-15)6-3-7-19(20)36-21(13)24(33)29-28-22(31)14-8-10-17(11-9-14)30(34)35/h2,4-5,8-12H,3,6-7H2,1H3,(H,27,32)(H,28,31)(H,29,33)/b26-18+. The van der Waals surface area contributed by atoms with E-state index in [1.165, 1.54) is 30.3 Å². The second kappa shape index (κ2) is 10.4. The fraction of sp³-hybridized carbons (Fsp3) is 0.167. The summed E-state index contributed by atoms with van der Waals surface area (Å²) >= 11 is 5.94. The molecule has 12 heteroatoms. The molecule has 0 unspecified atom stereocenters. The Morgan fingerprint density at radius 1 is 1.00 bits per heavy atom. The lowest BCUT2D eigenvalue weighted by Crippen LogP contribution is -2.41. The van der Waals surface area contributed by atoms with E-state index in [9.17, 15) is 24.5 Å². The molecule has 1 aliphatic rings. The Bertz CT molecular complexity index is 1400. The lowest BCUT2D eigenvalue weighted by molar-refractivity contribution is -0.384. The lowest BCUT2D eigenvalue weighted by atomic mass is 9.93. The molecule has 2 aromatic carbocycles. The Hall–Kier alpha value is -4.51. The first-order chi connectivity index (χ1) is 17.2. The van der Waals surface area contributed by atoms with Gasteiger partial charge in [-0.2, -0.15) is 5.10 Å². The summed E-state index contributed by atoms with van der Waals surface area (Å²) in [5.74, 6) is -1.20. The number of non-ortho nitro benzene ring substituents is 1. The number of fused-ring (bicyclic) bond motifs is 1. The van der Waals surface area contributed by atoms with Gasteiger partial charge in [-0.25, -0.2) is 5.43 Å². The summed E-state index contributed by atoms with van der Waals surface area (Å²) in [7, 11) is 0. The smallest absolute Gasteiger partial charge is 0.305 e. The van der Waals surface area contributed by atoms with Gasteiger partial charge in [-0.1, -0.05) is 17.7 Å². The van der Waals surface area contributed by atoms with Crippen LogP contribution in [0, 0.1) is 17.0 Å². The van der Waals surface area contributed by atoms with Gasteiger partial charge in [0.1, 0.15) is 5.76 Å². The van der Waals surface area contributed by atoms with Crippen LogP contribution in [0.3, 0.4) is 0 Å². The Labute approximate surface area is 209 Å². The fourth-order valence-electron chi connectivity index (χ4n) is 3.79. The van der Waals surface area contributed by atoms with Gasteiger partial charge in [0, 0.05) is 45.8 Å². The number of rotatable bonds is 5. The van der Waals surface area contributed by atoms with Crippen molar-refractivity contribution in [3.8, 4) is 0 Å². The van der Waals surface area contributed by atoms with E-state index in [2.05, 4.69) is 21.4 Å². The number of hydrazone groups is 1. The number of hydrogen-bond acceptors (Lipinski definition) is 7. The third-order valence-electron chi connectivity index (χ3n) is 5.54. The number of benzene rings is 2. The number of hydrazine groups is 1. The molecule has 0 radical (unpaired) electrons. The molecule has 1 aromatic heterocycles. The van der Waals surface area contributed by atoms with Crippen LogP contribution in [-0.4, -0.2) is 28.4 Å². The maximum absolute atomic E-state index is 12.7. The van der Waals surface area contributed by atoms with E-state index in [4.69, 9.17) is 16.0 Å². The predicted molar refractivity (Wildman–Crippen MR) is 130 cm³/mol. The third-order valence-corrected chi connectivity index (χ3v) is 5.78. The number of carbonyl (C=O) groups is 3. The van der Waals surface area contributed by atoms with Crippen LogP contribution in [0.2, 0.25) is 5.02 Å². The highest BCUT2D eigenvalue weighted by Crippen LogP contribution is 2.29. The van der Waals surface area contributed by atoms with E-state index >= 15 is 0 Å². The van der Waals surface area contributed by atoms with Crippen LogP contribution >= 0.6 is 11.6 Å². The average Bonchev–Trinajstić information content (AvgIpc) is 3.22. The van der Waals surface area contributed by atoms with Crippen LogP contribution in [-0.2, 0) is 6.42 Å². The van der Waals surface area contributed by atoms with Crippen molar-refractivity contribution in [3.05, 3.63) is 97.4 Å². The van der Waals surface area contributed by atoms with Crippen molar-refractivity contribution in [2.24, 2.45) is 5.10 Å². The summed E-state index contributed by atoms with van der Waals surface area (Å²) in [6, 6.07) is 11.4. The Morgan fingerprint density at radius 2 is 1.72 bits per heavy atom. The molecule has 184 valence electrons. The van der Waals surface area contributed by atoms with Gasteiger partial charge in [0.05, 0.1) is 10.6 Å². The molecule has 4 rings (SSSR count). The highest BCUT2D eigenvalue weighted by Gasteiger charge is 2.28. The molecule has 1 heterocycles. The average molecular weight is 510 g/mol.